The van der Waals surface area contributed by atoms with Gasteiger partial charge < -0.3 is 10.1 Å². The van der Waals surface area contributed by atoms with E-state index >= 15 is 0 Å². The van der Waals surface area contributed by atoms with Crippen LogP contribution >= 0.6 is 0 Å². The van der Waals surface area contributed by atoms with Crippen molar-refractivity contribution in [1.29, 1.82) is 0 Å². The predicted octanol–water partition coefficient (Wildman–Crippen LogP) is 4.04. The number of rotatable bonds is 10. The lowest BCUT2D eigenvalue weighted by atomic mass is 10.1. The zero-order chi connectivity index (χ0) is 26.8. The second-order valence-electron chi connectivity index (χ2n) is 8.48. The fraction of sp³-hybridized carbons (Fsp3) is 0.375. The summed E-state index contributed by atoms with van der Waals surface area (Å²) < 4.78 is 74.4. The minimum absolute atomic E-state index is 0.00810. The van der Waals surface area contributed by atoms with E-state index in [1.54, 1.807) is 26.0 Å². The van der Waals surface area contributed by atoms with Crippen molar-refractivity contribution < 1.29 is 31.1 Å². The quantitative estimate of drug-likeness (QED) is 0.403. The first-order valence-electron chi connectivity index (χ1n) is 11.7. The van der Waals surface area contributed by atoms with Gasteiger partial charge in [-0.15, -0.1) is 0 Å². The van der Waals surface area contributed by atoms with Crippen LogP contribution in [0.1, 0.15) is 53.9 Å². The highest BCUT2D eigenvalue weighted by atomic mass is 32.2. The third kappa shape index (κ3) is 6.10. The van der Waals surface area contributed by atoms with Gasteiger partial charge in [0.05, 0.1) is 4.90 Å². The van der Waals surface area contributed by atoms with Gasteiger partial charge in [0.15, 0.2) is 5.69 Å². The van der Waals surface area contributed by atoms with Crippen molar-refractivity contribution in [2.24, 2.45) is 0 Å². The average Bonchev–Trinajstić information content (AvgIpc) is 3.60. The average molecular weight is 538 g/mol. The Labute approximate surface area is 212 Å². The molecule has 0 spiro atoms. The molecule has 0 bridgehead atoms. The van der Waals surface area contributed by atoms with Gasteiger partial charge in [0.2, 0.25) is 21.8 Å². The molecule has 0 saturated heterocycles. The van der Waals surface area contributed by atoms with Crippen molar-refractivity contribution in [2.45, 2.75) is 63.3 Å². The van der Waals surface area contributed by atoms with Crippen LogP contribution in [0.3, 0.4) is 0 Å². The van der Waals surface area contributed by atoms with Crippen LogP contribution in [0.2, 0.25) is 0 Å². The van der Waals surface area contributed by atoms with Crippen molar-refractivity contribution in [3.63, 3.8) is 0 Å². The van der Waals surface area contributed by atoms with Crippen LogP contribution in [0.15, 0.2) is 47.5 Å². The number of carbonyl (C=O) groups excluding carboxylic acids is 1. The molecule has 1 amide bonds. The first-order valence-corrected chi connectivity index (χ1v) is 13.2. The van der Waals surface area contributed by atoms with E-state index in [0.717, 1.165) is 25.0 Å². The molecular weight excluding hydrogens is 511 g/mol. The number of halogens is 3. The van der Waals surface area contributed by atoms with Crippen LogP contribution in [0.5, 0.6) is 11.8 Å². The van der Waals surface area contributed by atoms with Gasteiger partial charge in [-0.2, -0.15) is 18.3 Å². The number of aryl methyl sites for hydroxylation is 1. The fourth-order valence-electron chi connectivity index (χ4n) is 3.63. The largest absolute Gasteiger partial charge is 0.421 e. The molecule has 3 aromatic rings. The fourth-order valence-corrected chi connectivity index (χ4v) is 4.94. The molecule has 4 rings (SSSR count). The molecule has 1 fully saturated rings. The summed E-state index contributed by atoms with van der Waals surface area (Å²) in [5, 5.41) is 6.99. The molecule has 2 heterocycles. The summed E-state index contributed by atoms with van der Waals surface area (Å²) in [6.45, 7) is 3.79. The Hall–Kier alpha value is -3.45. The van der Waals surface area contributed by atoms with E-state index in [9.17, 15) is 26.4 Å². The number of aromatic nitrogens is 3. The Balaban J connectivity index is 1.51. The Morgan fingerprint density at radius 2 is 1.86 bits per heavy atom. The molecule has 13 heteroatoms. The third-order valence-electron chi connectivity index (χ3n) is 5.72. The first-order chi connectivity index (χ1) is 17.5. The summed E-state index contributed by atoms with van der Waals surface area (Å²) in [5.41, 5.74) is -0.0152. The summed E-state index contributed by atoms with van der Waals surface area (Å²) in [4.78, 5) is 16.8. The lowest BCUT2D eigenvalue weighted by Gasteiger charge is -2.13. The van der Waals surface area contributed by atoms with Gasteiger partial charge in [-0.1, -0.05) is 19.1 Å². The summed E-state index contributed by atoms with van der Waals surface area (Å²) >= 11 is 0. The second-order valence-corrected chi connectivity index (χ2v) is 10.2. The highest BCUT2D eigenvalue weighted by Crippen LogP contribution is 2.38. The molecule has 198 valence electrons. The number of pyridine rings is 1. The van der Waals surface area contributed by atoms with Crippen molar-refractivity contribution in [2.75, 3.05) is 0 Å². The van der Waals surface area contributed by atoms with Crippen LogP contribution in [0, 0.1) is 0 Å². The topological polar surface area (TPSA) is 115 Å². The molecule has 0 radical (unpaired) electrons. The molecule has 0 aliphatic heterocycles. The number of hydrogen-bond acceptors (Lipinski definition) is 6. The number of amides is 1. The number of carbonyl (C=O) groups is 1. The Kier molecular flexibility index (Phi) is 7.55. The Morgan fingerprint density at radius 1 is 1.16 bits per heavy atom. The van der Waals surface area contributed by atoms with Gasteiger partial charge in [0, 0.05) is 30.9 Å². The van der Waals surface area contributed by atoms with Crippen LogP contribution in [-0.2, 0) is 35.7 Å². The van der Waals surface area contributed by atoms with Gasteiger partial charge >= 0.3 is 6.18 Å². The normalized spacial score (nSPS) is 14.0. The highest BCUT2D eigenvalue weighted by Gasteiger charge is 2.36. The lowest BCUT2D eigenvalue weighted by molar-refractivity contribution is -0.138. The van der Waals surface area contributed by atoms with Crippen LogP contribution in [0.25, 0.3) is 0 Å². The smallest absolute Gasteiger partial charge is 0.420 e. The maximum Gasteiger partial charge on any atom is 0.421 e. The van der Waals surface area contributed by atoms with Crippen LogP contribution < -0.4 is 14.8 Å². The van der Waals surface area contributed by atoms with Crippen LogP contribution in [0.4, 0.5) is 13.2 Å². The number of benzene rings is 1. The molecule has 0 atom stereocenters. The number of sulfonamides is 1. The minimum Gasteiger partial charge on any atom is -0.420 e. The molecule has 2 N–H and O–H groups in total. The van der Waals surface area contributed by atoms with Crippen molar-refractivity contribution >= 4 is 15.9 Å². The van der Waals surface area contributed by atoms with Crippen LogP contribution in [-0.4, -0.2) is 35.1 Å². The Bertz CT molecular complexity index is 1380. The van der Waals surface area contributed by atoms with E-state index in [1.807, 2.05) is 0 Å². The maximum atomic E-state index is 13.4. The first kappa shape index (κ1) is 26.6. The zero-order valence-electron chi connectivity index (χ0n) is 20.2. The molecule has 37 heavy (non-hydrogen) atoms. The molecule has 1 saturated carbocycles. The highest BCUT2D eigenvalue weighted by molar-refractivity contribution is 7.89. The number of hydrogen-bond donors (Lipinski definition) is 2. The van der Waals surface area contributed by atoms with Gasteiger partial charge in [-0.05, 0) is 56.0 Å². The molecule has 1 aliphatic rings. The predicted molar refractivity (Wildman–Crippen MR) is 128 cm³/mol. The summed E-state index contributed by atoms with van der Waals surface area (Å²) in [7, 11) is -3.58. The van der Waals surface area contributed by atoms with Gasteiger partial charge in [-0.3, -0.25) is 4.79 Å². The minimum atomic E-state index is -4.67. The number of nitrogens with zero attached hydrogens (tertiary/aromatic N) is 3. The van der Waals surface area contributed by atoms with Gasteiger partial charge in [0.25, 0.3) is 5.91 Å². The molecule has 9 nitrogen and oxygen atoms in total. The molecule has 1 aromatic carbocycles. The monoisotopic (exact) mass is 537 g/mol. The maximum absolute atomic E-state index is 13.4. The van der Waals surface area contributed by atoms with Gasteiger partial charge in [0.1, 0.15) is 5.56 Å². The zero-order valence-corrected chi connectivity index (χ0v) is 21.0. The summed E-state index contributed by atoms with van der Waals surface area (Å²) in [6, 6.07) is 8.15. The van der Waals surface area contributed by atoms with E-state index in [2.05, 4.69) is 20.1 Å². The van der Waals surface area contributed by atoms with E-state index in [0.29, 0.717) is 11.1 Å². The standard InChI is InChI=1S/C24H26F3N5O4S/c1-3-18-20(30-32(4-2)23(18)36-22-19(24(25,26)27)6-5-13-28-22)21(33)29-14-15-7-11-17(12-8-15)37(34,35)31-16-9-10-16/h5-8,11-13,16,31H,3-4,9-10,14H2,1-2H3,(H,29,33). The molecule has 1 aliphatic carbocycles. The third-order valence-corrected chi connectivity index (χ3v) is 7.26. The molecule has 0 unspecified atom stereocenters. The van der Waals surface area contributed by atoms with Gasteiger partial charge in [-0.25, -0.2) is 22.8 Å². The molecule has 2 aromatic heterocycles. The summed E-state index contributed by atoms with van der Waals surface area (Å²) in [6.07, 6.45) is -1.55. The summed E-state index contributed by atoms with van der Waals surface area (Å²) in [5.74, 6) is -1.16. The van der Waals surface area contributed by atoms with E-state index in [-0.39, 0.29) is 42.0 Å². The van der Waals surface area contributed by atoms with Crippen molar-refractivity contribution in [1.82, 2.24) is 24.8 Å². The molecular formula is C24H26F3N5O4S. The number of ether oxygens (including phenoxy) is 1. The second kappa shape index (κ2) is 10.5. The van der Waals surface area contributed by atoms with Crippen molar-refractivity contribution in [3.05, 3.63) is 65.0 Å². The van der Waals surface area contributed by atoms with Crippen molar-refractivity contribution in [3.8, 4) is 11.8 Å². The SMILES string of the molecule is CCc1c(C(=O)NCc2ccc(S(=O)(=O)NC3CC3)cc2)nn(CC)c1Oc1ncccc1C(F)(F)F. The van der Waals surface area contributed by atoms with E-state index in [4.69, 9.17) is 4.74 Å². The number of alkyl halides is 3. The van der Waals surface area contributed by atoms with E-state index in [1.165, 1.54) is 23.0 Å². The number of nitrogens with one attached hydrogen (secondary N) is 2. The lowest BCUT2D eigenvalue weighted by Crippen LogP contribution is -2.26. The van der Waals surface area contributed by atoms with E-state index < -0.39 is 33.6 Å². The Morgan fingerprint density at radius 3 is 2.46 bits per heavy atom.